The molecule has 0 aliphatic carbocycles. The minimum atomic E-state index is -2.25. The van der Waals surface area contributed by atoms with Gasteiger partial charge >= 0.3 is 0 Å². The van der Waals surface area contributed by atoms with Gasteiger partial charge in [-0.2, -0.15) is 0 Å². The van der Waals surface area contributed by atoms with Crippen molar-refractivity contribution >= 4 is 11.6 Å². The molecule has 0 aromatic rings. The zero-order valence-corrected chi connectivity index (χ0v) is 5.46. The summed E-state index contributed by atoms with van der Waals surface area (Å²) in [5, 5.41) is 0. The molecule has 0 N–H and O–H groups in total. The molecular weight excluding hydrogens is 134 g/mol. The fraction of sp³-hybridized carbons (Fsp3) is 1.00. The Morgan fingerprint density at radius 3 is 2.00 bits per heavy atom. The average Bonchev–Trinajstić information content (AvgIpc) is 1.69. The van der Waals surface area contributed by atoms with Crippen LogP contribution in [0.3, 0.4) is 0 Å². The molecule has 3 heteroatoms. The van der Waals surface area contributed by atoms with Gasteiger partial charge in [-0.3, -0.25) is 0 Å². The first-order valence-electron chi connectivity index (χ1n) is 2.56. The molecule has 0 saturated carbocycles. The van der Waals surface area contributed by atoms with Crippen LogP contribution in [0.4, 0.5) is 8.78 Å². The van der Waals surface area contributed by atoms with Crippen LogP contribution in [0, 0.1) is 5.92 Å². The van der Waals surface area contributed by atoms with E-state index in [4.69, 9.17) is 11.6 Å². The minimum Gasteiger partial charge on any atom is -0.210 e. The van der Waals surface area contributed by atoms with Crippen molar-refractivity contribution in [3.05, 3.63) is 0 Å². The Labute approximate surface area is 52.8 Å². The van der Waals surface area contributed by atoms with E-state index in [1.807, 2.05) is 0 Å². The maximum atomic E-state index is 11.6. The zero-order valence-electron chi connectivity index (χ0n) is 4.70. The van der Waals surface area contributed by atoms with Crippen LogP contribution < -0.4 is 0 Å². The van der Waals surface area contributed by atoms with Crippen molar-refractivity contribution in [2.24, 2.45) is 5.92 Å². The van der Waals surface area contributed by atoms with Gasteiger partial charge < -0.3 is 0 Å². The number of halogens is 3. The summed E-state index contributed by atoms with van der Waals surface area (Å²) in [5.74, 6) is -0.551. The van der Waals surface area contributed by atoms with E-state index in [1.54, 1.807) is 6.92 Å². The first kappa shape index (κ1) is 8.15. The molecule has 0 spiro atoms. The molecule has 8 heavy (non-hydrogen) atoms. The Balaban J connectivity index is 3.35. The fourth-order valence-electron chi connectivity index (χ4n) is 0.355. The fourth-order valence-corrected chi connectivity index (χ4v) is 0.708. The molecule has 0 rings (SSSR count). The van der Waals surface area contributed by atoms with E-state index >= 15 is 0 Å². The Bertz CT molecular complexity index is 52.4. The Morgan fingerprint density at radius 1 is 1.50 bits per heavy atom. The second-order valence-electron chi connectivity index (χ2n) is 1.66. The molecule has 1 unspecified atom stereocenters. The largest absolute Gasteiger partial charge is 0.242 e. The van der Waals surface area contributed by atoms with Gasteiger partial charge in [0.05, 0.1) is 0 Å². The highest BCUT2D eigenvalue weighted by Crippen LogP contribution is 2.14. The van der Waals surface area contributed by atoms with Crippen molar-refractivity contribution in [1.29, 1.82) is 0 Å². The number of rotatable bonds is 3. The van der Waals surface area contributed by atoms with E-state index in [9.17, 15) is 8.78 Å². The Morgan fingerprint density at radius 2 is 2.00 bits per heavy atom. The molecule has 0 aromatic carbocycles. The van der Waals surface area contributed by atoms with Gasteiger partial charge in [-0.15, -0.1) is 11.6 Å². The van der Waals surface area contributed by atoms with Gasteiger partial charge in [0.2, 0.25) is 6.43 Å². The van der Waals surface area contributed by atoms with E-state index in [1.165, 1.54) is 0 Å². The smallest absolute Gasteiger partial charge is 0.210 e. The lowest BCUT2D eigenvalue weighted by atomic mass is 10.1. The number of hydrogen-bond donors (Lipinski definition) is 0. The molecule has 0 aromatic heterocycles. The molecule has 0 amide bonds. The summed E-state index contributed by atoms with van der Waals surface area (Å²) in [6.45, 7) is 1.71. The third-order valence-corrected chi connectivity index (χ3v) is 1.48. The van der Waals surface area contributed by atoms with Crippen LogP contribution in [-0.2, 0) is 0 Å². The predicted octanol–water partition coefficient (Wildman–Crippen LogP) is 2.52. The lowest BCUT2D eigenvalue weighted by Crippen LogP contribution is -2.10. The first-order chi connectivity index (χ1) is 3.72. The van der Waals surface area contributed by atoms with Crippen molar-refractivity contribution in [3.63, 3.8) is 0 Å². The summed E-state index contributed by atoms with van der Waals surface area (Å²) >= 11 is 5.18. The summed E-state index contributed by atoms with van der Waals surface area (Å²) < 4.78 is 23.2. The molecule has 0 aliphatic heterocycles. The SMILES string of the molecule is CCC(CCl)C(F)F. The number of hydrogen-bond acceptors (Lipinski definition) is 0. The highest BCUT2D eigenvalue weighted by Gasteiger charge is 2.15. The molecular formula is C5H9ClF2. The zero-order chi connectivity index (χ0) is 6.57. The molecule has 50 valence electrons. The van der Waals surface area contributed by atoms with Crippen LogP contribution in [0.5, 0.6) is 0 Å². The third-order valence-electron chi connectivity index (χ3n) is 1.08. The van der Waals surface area contributed by atoms with Gasteiger partial charge in [-0.1, -0.05) is 6.92 Å². The van der Waals surface area contributed by atoms with Crippen molar-refractivity contribution in [1.82, 2.24) is 0 Å². The maximum absolute atomic E-state index is 11.6. The first-order valence-corrected chi connectivity index (χ1v) is 3.10. The predicted molar refractivity (Wildman–Crippen MR) is 30.5 cm³/mol. The monoisotopic (exact) mass is 142 g/mol. The quantitative estimate of drug-likeness (QED) is 0.532. The molecule has 0 aliphatic rings. The number of alkyl halides is 3. The van der Waals surface area contributed by atoms with Gasteiger partial charge in [0.1, 0.15) is 0 Å². The second kappa shape index (κ2) is 4.07. The molecule has 0 heterocycles. The summed E-state index contributed by atoms with van der Waals surface area (Å²) in [5.41, 5.74) is 0. The highest BCUT2D eigenvalue weighted by molar-refractivity contribution is 6.18. The van der Waals surface area contributed by atoms with Crippen LogP contribution >= 0.6 is 11.6 Å². The van der Waals surface area contributed by atoms with E-state index < -0.39 is 12.3 Å². The van der Waals surface area contributed by atoms with Gasteiger partial charge in [0.15, 0.2) is 0 Å². The van der Waals surface area contributed by atoms with Crippen LogP contribution in [-0.4, -0.2) is 12.3 Å². The van der Waals surface area contributed by atoms with Crippen molar-refractivity contribution in [2.75, 3.05) is 5.88 Å². The van der Waals surface area contributed by atoms with Crippen LogP contribution in [0.25, 0.3) is 0 Å². The molecule has 1 atom stereocenters. The van der Waals surface area contributed by atoms with Crippen molar-refractivity contribution in [3.8, 4) is 0 Å². The van der Waals surface area contributed by atoms with Crippen molar-refractivity contribution in [2.45, 2.75) is 19.8 Å². The Kier molecular flexibility index (Phi) is 4.15. The minimum absolute atomic E-state index is 0.0637. The summed E-state index contributed by atoms with van der Waals surface area (Å²) in [6, 6.07) is 0. The average molecular weight is 143 g/mol. The van der Waals surface area contributed by atoms with E-state index in [0.29, 0.717) is 6.42 Å². The highest BCUT2D eigenvalue weighted by atomic mass is 35.5. The molecule has 0 fully saturated rings. The Hall–Kier alpha value is 0.150. The molecule has 0 saturated heterocycles. The van der Waals surface area contributed by atoms with Crippen LogP contribution in [0.1, 0.15) is 13.3 Å². The van der Waals surface area contributed by atoms with Gasteiger partial charge in [0, 0.05) is 11.8 Å². The van der Waals surface area contributed by atoms with E-state index in [2.05, 4.69) is 0 Å². The topological polar surface area (TPSA) is 0 Å². The van der Waals surface area contributed by atoms with Gasteiger partial charge in [0.25, 0.3) is 0 Å². The molecule has 0 nitrogen and oxygen atoms in total. The molecule has 0 radical (unpaired) electrons. The summed E-state index contributed by atoms with van der Waals surface area (Å²) in [4.78, 5) is 0. The van der Waals surface area contributed by atoms with E-state index in [0.717, 1.165) is 0 Å². The summed E-state index contributed by atoms with van der Waals surface area (Å²) in [6.07, 6.45) is -1.79. The van der Waals surface area contributed by atoms with E-state index in [-0.39, 0.29) is 5.88 Å². The summed E-state index contributed by atoms with van der Waals surface area (Å²) in [7, 11) is 0. The standard InChI is InChI=1S/C5H9ClF2/c1-2-4(3-6)5(7)8/h4-5H,2-3H2,1H3. The van der Waals surface area contributed by atoms with Crippen molar-refractivity contribution < 1.29 is 8.78 Å². The third kappa shape index (κ3) is 2.46. The van der Waals surface area contributed by atoms with Gasteiger partial charge in [-0.25, -0.2) is 8.78 Å². The maximum Gasteiger partial charge on any atom is 0.242 e. The normalized spacial score (nSPS) is 14.6. The lowest BCUT2D eigenvalue weighted by Gasteiger charge is -2.07. The van der Waals surface area contributed by atoms with Crippen LogP contribution in [0.2, 0.25) is 0 Å². The van der Waals surface area contributed by atoms with Crippen LogP contribution in [0.15, 0.2) is 0 Å². The van der Waals surface area contributed by atoms with Gasteiger partial charge in [-0.05, 0) is 6.42 Å². The lowest BCUT2D eigenvalue weighted by molar-refractivity contribution is 0.0863. The molecule has 0 bridgehead atoms. The second-order valence-corrected chi connectivity index (χ2v) is 1.97.